The molecule has 0 aliphatic heterocycles. The van der Waals surface area contributed by atoms with Crippen LogP contribution in [0.15, 0.2) is 53.9 Å². The number of carbonyl (C=O) groups is 1. The van der Waals surface area contributed by atoms with Crippen molar-refractivity contribution < 1.29 is 18.3 Å². The predicted molar refractivity (Wildman–Crippen MR) is 88.0 cm³/mol. The second kappa shape index (κ2) is 7.18. The summed E-state index contributed by atoms with van der Waals surface area (Å²) >= 11 is 1.24. The van der Waals surface area contributed by atoms with Gasteiger partial charge in [-0.2, -0.15) is 0 Å². The zero-order valence-electron chi connectivity index (χ0n) is 12.3. The van der Waals surface area contributed by atoms with Crippen LogP contribution in [0.5, 0.6) is 5.75 Å². The molecule has 1 aromatic heterocycles. The van der Waals surface area contributed by atoms with E-state index in [2.05, 4.69) is 10.3 Å². The van der Waals surface area contributed by atoms with E-state index in [1.54, 1.807) is 23.6 Å². The van der Waals surface area contributed by atoms with E-state index in [1.807, 2.05) is 0 Å². The van der Waals surface area contributed by atoms with Crippen LogP contribution < -0.4 is 10.1 Å². The Hall–Kier alpha value is -2.80. The Morgan fingerprint density at radius 2 is 1.88 bits per heavy atom. The maximum absolute atomic E-state index is 13.4. The SMILES string of the molecule is O=C(COc1ccccc1F)Nc1nc(-c2ccc(F)cc2)cs1. The zero-order chi connectivity index (χ0) is 16.9. The van der Waals surface area contributed by atoms with Crippen molar-refractivity contribution in [2.24, 2.45) is 0 Å². The first-order valence-electron chi connectivity index (χ1n) is 7.00. The Kier molecular flexibility index (Phi) is 4.81. The molecular formula is C17H12F2N2O2S. The summed E-state index contributed by atoms with van der Waals surface area (Å²) < 4.78 is 31.4. The molecule has 1 N–H and O–H groups in total. The molecule has 2 aromatic carbocycles. The van der Waals surface area contributed by atoms with E-state index < -0.39 is 11.7 Å². The van der Waals surface area contributed by atoms with E-state index >= 15 is 0 Å². The number of para-hydroxylation sites is 1. The second-order valence-electron chi connectivity index (χ2n) is 4.81. The fourth-order valence-corrected chi connectivity index (χ4v) is 2.68. The lowest BCUT2D eigenvalue weighted by Gasteiger charge is -2.06. The summed E-state index contributed by atoms with van der Waals surface area (Å²) in [6, 6.07) is 11.8. The van der Waals surface area contributed by atoms with Crippen molar-refractivity contribution in [3.8, 4) is 17.0 Å². The molecular weight excluding hydrogens is 334 g/mol. The van der Waals surface area contributed by atoms with E-state index in [0.29, 0.717) is 10.8 Å². The van der Waals surface area contributed by atoms with Gasteiger partial charge in [0, 0.05) is 10.9 Å². The molecule has 4 nitrogen and oxygen atoms in total. The number of nitrogens with zero attached hydrogens (tertiary/aromatic N) is 1. The maximum atomic E-state index is 13.4. The topological polar surface area (TPSA) is 51.2 Å². The van der Waals surface area contributed by atoms with E-state index in [4.69, 9.17) is 4.74 Å². The van der Waals surface area contributed by atoms with Crippen molar-refractivity contribution in [1.82, 2.24) is 4.98 Å². The van der Waals surface area contributed by atoms with Gasteiger partial charge < -0.3 is 4.74 Å². The third-order valence-corrected chi connectivity index (χ3v) is 3.84. The summed E-state index contributed by atoms with van der Waals surface area (Å²) in [4.78, 5) is 16.1. The summed E-state index contributed by atoms with van der Waals surface area (Å²) in [6.45, 7) is -0.327. The average molecular weight is 346 g/mol. The van der Waals surface area contributed by atoms with Gasteiger partial charge in [-0.25, -0.2) is 13.8 Å². The fraction of sp³-hybridized carbons (Fsp3) is 0.0588. The molecule has 0 radical (unpaired) electrons. The van der Waals surface area contributed by atoms with Gasteiger partial charge in [0.05, 0.1) is 5.69 Å². The molecule has 24 heavy (non-hydrogen) atoms. The highest BCUT2D eigenvalue weighted by atomic mass is 32.1. The first kappa shape index (κ1) is 16.1. The molecule has 0 aliphatic carbocycles. The minimum Gasteiger partial charge on any atom is -0.481 e. The van der Waals surface area contributed by atoms with Crippen molar-refractivity contribution in [3.05, 3.63) is 65.5 Å². The Morgan fingerprint density at radius 1 is 1.12 bits per heavy atom. The molecule has 122 valence electrons. The van der Waals surface area contributed by atoms with Gasteiger partial charge in [-0.05, 0) is 36.4 Å². The third kappa shape index (κ3) is 3.94. The fourth-order valence-electron chi connectivity index (χ4n) is 1.94. The minimum absolute atomic E-state index is 0.0128. The molecule has 0 spiro atoms. The number of hydrogen-bond acceptors (Lipinski definition) is 4. The molecule has 3 aromatic rings. The minimum atomic E-state index is -0.529. The van der Waals surface area contributed by atoms with Crippen molar-refractivity contribution in [3.63, 3.8) is 0 Å². The van der Waals surface area contributed by atoms with Crippen molar-refractivity contribution in [2.45, 2.75) is 0 Å². The number of rotatable bonds is 5. The van der Waals surface area contributed by atoms with Crippen LogP contribution in [0.3, 0.4) is 0 Å². The van der Waals surface area contributed by atoms with Crippen LogP contribution in [0.4, 0.5) is 13.9 Å². The van der Waals surface area contributed by atoms with Crippen LogP contribution >= 0.6 is 11.3 Å². The van der Waals surface area contributed by atoms with Gasteiger partial charge in [0.15, 0.2) is 23.3 Å². The first-order valence-corrected chi connectivity index (χ1v) is 7.88. The Morgan fingerprint density at radius 3 is 2.62 bits per heavy atom. The lowest BCUT2D eigenvalue weighted by Crippen LogP contribution is -2.20. The van der Waals surface area contributed by atoms with E-state index in [0.717, 1.165) is 5.56 Å². The molecule has 1 amide bonds. The number of aromatic nitrogens is 1. The Labute approximate surface area is 140 Å². The molecule has 0 saturated heterocycles. The van der Waals surface area contributed by atoms with Gasteiger partial charge >= 0.3 is 0 Å². The van der Waals surface area contributed by atoms with Crippen LogP contribution in [0.1, 0.15) is 0 Å². The highest BCUT2D eigenvalue weighted by Gasteiger charge is 2.10. The average Bonchev–Trinajstić information content (AvgIpc) is 3.03. The maximum Gasteiger partial charge on any atom is 0.264 e. The lowest BCUT2D eigenvalue weighted by atomic mass is 10.2. The molecule has 0 atom stereocenters. The lowest BCUT2D eigenvalue weighted by molar-refractivity contribution is -0.118. The summed E-state index contributed by atoms with van der Waals surface area (Å²) in [5.74, 6) is -1.29. The smallest absolute Gasteiger partial charge is 0.264 e. The standard InChI is InChI=1S/C17H12F2N2O2S/c18-12-7-5-11(6-8-12)14-10-24-17(20-14)21-16(22)9-23-15-4-2-1-3-13(15)19/h1-8,10H,9H2,(H,20,21,22). The number of carbonyl (C=O) groups excluding carboxylic acids is 1. The molecule has 1 heterocycles. The number of hydrogen-bond donors (Lipinski definition) is 1. The number of thiazole rings is 1. The van der Waals surface area contributed by atoms with Crippen LogP contribution in [0.2, 0.25) is 0 Å². The molecule has 0 bridgehead atoms. The summed E-state index contributed by atoms with van der Waals surface area (Å²) in [5.41, 5.74) is 1.38. The van der Waals surface area contributed by atoms with E-state index in [-0.39, 0.29) is 18.2 Å². The summed E-state index contributed by atoms with van der Waals surface area (Å²) in [5, 5.41) is 4.72. The second-order valence-corrected chi connectivity index (χ2v) is 5.67. The molecule has 0 aliphatic rings. The Bertz CT molecular complexity index is 850. The molecule has 7 heteroatoms. The van der Waals surface area contributed by atoms with Crippen LogP contribution in [-0.4, -0.2) is 17.5 Å². The van der Waals surface area contributed by atoms with Crippen LogP contribution in [0, 0.1) is 11.6 Å². The Balaban J connectivity index is 1.59. The van der Waals surface area contributed by atoms with Crippen molar-refractivity contribution in [1.29, 1.82) is 0 Å². The zero-order valence-corrected chi connectivity index (χ0v) is 13.1. The van der Waals surface area contributed by atoms with Crippen molar-refractivity contribution >= 4 is 22.4 Å². The monoisotopic (exact) mass is 346 g/mol. The van der Waals surface area contributed by atoms with Crippen molar-refractivity contribution in [2.75, 3.05) is 11.9 Å². The third-order valence-electron chi connectivity index (χ3n) is 3.09. The molecule has 0 fully saturated rings. The predicted octanol–water partition coefficient (Wildman–Crippen LogP) is 4.11. The van der Waals surface area contributed by atoms with E-state index in [9.17, 15) is 13.6 Å². The van der Waals surface area contributed by atoms with Gasteiger partial charge in [0.1, 0.15) is 5.82 Å². The number of anilines is 1. The van der Waals surface area contributed by atoms with Crippen LogP contribution in [0.25, 0.3) is 11.3 Å². The van der Waals surface area contributed by atoms with Gasteiger partial charge in [0.2, 0.25) is 0 Å². The number of halogens is 2. The summed E-state index contributed by atoms with van der Waals surface area (Å²) in [7, 11) is 0. The van der Waals surface area contributed by atoms with Gasteiger partial charge in [-0.3, -0.25) is 10.1 Å². The highest BCUT2D eigenvalue weighted by molar-refractivity contribution is 7.14. The molecule has 3 rings (SSSR count). The molecule has 0 saturated carbocycles. The van der Waals surface area contributed by atoms with E-state index in [1.165, 1.54) is 41.7 Å². The number of amides is 1. The largest absolute Gasteiger partial charge is 0.481 e. The number of nitrogens with one attached hydrogen (secondary N) is 1. The number of ether oxygens (including phenoxy) is 1. The van der Waals surface area contributed by atoms with Gasteiger partial charge in [0.25, 0.3) is 5.91 Å². The quantitative estimate of drug-likeness (QED) is 0.756. The summed E-state index contributed by atoms with van der Waals surface area (Å²) in [6.07, 6.45) is 0. The normalized spacial score (nSPS) is 10.4. The first-order chi connectivity index (χ1) is 11.6. The van der Waals surface area contributed by atoms with Crippen LogP contribution in [-0.2, 0) is 4.79 Å². The van der Waals surface area contributed by atoms with Gasteiger partial charge in [-0.1, -0.05) is 12.1 Å². The van der Waals surface area contributed by atoms with Gasteiger partial charge in [-0.15, -0.1) is 11.3 Å². The number of benzene rings is 2. The highest BCUT2D eigenvalue weighted by Crippen LogP contribution is 2.25. The molecule has 0 unspecified atom stereocenters.